The maximum absolute atomic E-state index is 5.75. The van der Waals surface area contributed by atoms with Crippen LogP contribution in [-0.4, -0.2) is 22.1 Å². The lowest BCUT2D eigenvalue weighted by atomic mass is 10.2. The fourth-order valence-electron chi connectivity index (χ4n) is 1.31. The summed E-state index contributed by atoms with van der Waals surface area (Å²) in [5.41, 5.74) is 2.00. The molecular weight excluding hydrogens is 240 g/mol. The van der Waals surface area contributed by atoms with E-state index >= 15 is 0 Å². The predicted molar refractivity (Wildman–Crippen MR) is 65.9 cm³/mol. The van der Waals surface area contributed by atoms with Gasteiger partial charge in [-0.2, -0.15) is 15.0 Å². The van der Waals surface area contributed by atoms with E-state index in [1.165, 1.54) is 7.11 Å². The molecule has 5 nitrogen and oxygen atoms in total. The Bertz CT molecular complexity index is 533. The highest BCUT2D eigenvalue weighted by Crippen LogP contribution is 2.19. The van der Waals surface area contributed by atoms with Crippen molar-refractivity contribution in [1.29, 1.82) is 0 Å². The van der Waals surface area contributed by atoms with Crippen molar-refractivity contribution in [3.63, 3.8) is 0 Å². The summed E-state index contributed by atoms with van der Waals surface area (Å²) < 4.78 is 4.92. The molecule has 1 aromatic carbocycles. The van der Waals surface area contributed by atoms with Crippen LogP contribution in [0.3, 0.4) is 0 Å². The van der Waals surface area contributed by atoms with Crippen molar-refractivity contribution in [1.82, 2.24) is 15.0 Å². The molecule has 0 radical (unpaired) electrons. The van der Waals surface area contributed by atoms with Gasteiger partial charge < -0.3 is 10.1 Å². The van der Waals surface area contributed by atoms with Gasteiger partial charge in [-0.3, -0.25) is 0 Å². The number of rotatable bonds is 3. The second-order valence-corrected chi connectivity index (χ2v) is 3.69. The Morgan fingerprint density at radius 2 is 1.94 bits per heavy atom. The van der Waals surface area contributed by atoms with E-state index in [1.54, 1.807) is 0 Å². The third-order valence-electron chi connectivity index (χ3n) is 2.16. The highest BCUT2D eigenvalue weighted by Gasteiger charge is 2.06. The Morgan fingerprint density at radius 3 is 2.65 bits per heavy atom. The lowest BCUT2D eigenvalue weighted by Crippen LogP contribution is -2.02. The molecule has 17 heavy (non-hydrogen) atoms. The van der Waals surface area contributed by atoms with Gasteiger partial charge in [-0.05, 0) is 30.2 Å². The predicted octanol–water partition coefficient (Wildman–Crippen LogP) is 2.59. The molecule has 88 valence electrons. The Hall–Kier alpha value is -1.88. The van der Waals surface area contributed by atoms with Crippen LogP contribution in [0.5, 0.6) is 6.01 Å². The molecule has 0 saturated heterocycles. The Balaban J connectivity index is 2.30. The summed E-state index contributed by atoms with van der Waals surface area (Å²) in [6.07, 6.45) is 0. The van der Waals surface area contributed by atoms with Gasteiger partial charge in [-0.25, -0.2) is 0 Å². The third-order valence-corrected chi connectivity index (χ3v) is 2.33. The van der Waals surface area contributed by atoms with E-state index in [4.69, 9.17) is 16.3 Å². The number of benzene rings is 1. The number of ether oxygens (including phenoxy) is 1. The van der Waals surface area contributed by atoms with Crippen LogP contribution >= 0.6 is 11.6 Å². The molecule has 2 rings (SSSR count). The molecule has 6 heteroatoms. The molecule has 0 atom stereocenters. The minimum absolute atomic E-state index is 0.0907. The summed E-state index contributed by atoms with van der Waals surface area (Å²) in [4.78, 5) is 11.8. The quantitative estimate of drug-likeness (QED) is 0.907. The van der Waals surface area contributed by atoms with E-state index in [9.17, 15) is 0 Å². The summed E-state index contributed by atoms with van der Waals surface area (Å²) in [6.45, 7) is 1.99. The standard InChI is InChI=1S/C11H11ClN4O/c1-7-5-3-4-6-8(7)13-10-14-9(12)15-11(16-10)17-2/h3-6H,1-2H3,(H,13,14,15,16). The van der Waals surface area contributed by atoms with Gasteiger partial charge in [-0.15, -0.1) is 0 Å². The summed E-state index contributed by atoms with van der Waals surface area (Å²) in [6, 6.07) is 7.99. The molecule has 1 aromatic heterocycles. The molecule has 0 fully saturated rings. The lowest BCUT2D eigenvalue weighted by molar-refractivity contribution is 0.379. The highest BCUT2D eigenvalue weighted by atomic mass is 35.5. The number of nitrogens with one attached hydrogen (secondary N) is 1. The first-order chi connectivity index (χ1) is 8.19. The summed E-state index contributed by atoms with van der Waals surface area (Å²) in [7, 11) is 1.48. The Labute approximate surface area is 104 Å². The molecule has 0 bridgehead atoms. The number of hydrogen-bond donors (Lipinski definition) is 1. The number of aryl methyl sites for hydroxylation is 1. The second kappa shape index (κ2) is 4.97. The smallest absolute Gasteiger partial charge is 0.322 e. The van der Waals surface area contributed by atoms with Gasteiger partial charge in [0.2, 0.25) is 11.2 Å². The first-order valence-electron chi connectivity index (χ1n) is 4.97. The van der Waals surface area contributed by atoms with Crippen molar-refractivity contribution in [2.24, 2.45) is 0 Å². The van der Waals surface area contributed by atoms with E-state index in [-0.39, 0.29) is 11.3 Å². The van der Waals surface area contributed by atoms with Crippen molar-refractivity contribution in [2.45, 2.75) is 6.92 Å². The van der Waals surface area contributed by atoms with Crippen molar-refractivity contribution in [3.8, 4) is 6.01 Å². The third kappa shape index (κ3) is 2.82. The van der Waals surface area contributed by atoms with Crippen LogP contribution in [0.25, 0.3) is 0 Å². The van der Waals surface area contributed by atoms with Gasteiger partial charge in [-0.1, -0.05) is 18.2 Å². The van der Waals surface area contributed by atoms with Crippen LogP contribution in [0.15, 0.2) is 24.3 Å². The summed E-state index contributed by atoms with van der Waals surface area (Å²) in [5, 5.41) is 3.15. The molecule has 0 aliphatic carbocycles. The molecule has 0 saturated carbocycles. The fourth-order valence-corrected chi connectivity index (χ4v) is 1.47. The number of nitrogens with zero attached hydrogens (tertiary/aromatic N) is 3. The molecule has 2 aromatic rings. The number of methoxy groups -OCH3 is 1. The monoisotopic (exact) mass is 250 g/mol. The number of para-hydroxylation sites is 1. The SMILES string of the molecule is COc1nc(Cl)nc(Nc2ccccc2C)n1. The van der Waals surface area contributed by atoms with Gasteiger partial charge in [0.05, 0.1) is 7.11 Å². The van der Waals surface area contributed by atoms with Crippen molar-refractivity contribution < 1.29 is 4.74 Å². The zero-order valence-corrected chi connectivity index (χ0v) is 10.2. The van der Waals surface area contributed by atoms with Crippen molar-refractivity contribution in [2.75, 3.05) is 12.4 Å². The molecule has 0 aliphatic rings. The minimum atomic E-state index is 0.0907. The van der Waals surface area contributed by atoms with Crippen LogP contribution in [0.1, 0.15) is 5.56 Å². The normalized spacial score (nSPS) is 10.1. The van der Waals surface area contributed by atoms with Gasteiger partial charge in [0, 0.05) is 5.69 Å². The van der Waals surface area contributed by atoms with Crippen molar-refractivity contribution >= 4 is 23.2 Å². The Morgan fingerprint density at radius 1 is 1.18 bits per heavy atom. The average Bonchev–Trinajstić information content (AvgIpc) is 2.31. The van der Waals surface area contributed by atoms with Crippen LogP contribution in [-0.2, 0) is 0 Å². The summed E-state index contributed by atoms with van der Waals surface area (Å²) >= 11 is 5.75. The zero-order valence-electron chi connectivity index (χ0n) is 9.44. The van der Waals surface area contributed by atoms with E-state index in [0.717, 1.165) is 11.3 Å². The van der Waals surface area contributed by atoms with Crippen molar-refractivity contribution in [3.05, 3.63) is 35.1 Å². The van der Waals surface area contributed by atoms with E-state index < -0.39 is 0 Å². The molecule has 0 spiro atoms. The number of anilines is 2. The summed E-state index contributed by atoms with van der Waals surface area (Å²) in [5.74, 6) is 0.358. The van der Waals surface area contributed by atoms with Gasteiger partial charge in [0.15, 0.2) is 0 Å². The second-order valence-electron chi connectivity index (χ2n) is 3.35. The number of aromatic nitrogens is 3. The van der Waals surface area contributed by atoms with Gasteiger partial charge in [0.25, 0.3) is 0 Å². The first kappa shape index (κ1) is 11.6. The van der Waals surface area contributed by atoms with E-state index in [0.29, 0.717) is 5.95 Å². The molecule has 0 amide bonds. The van der Waals surface area contributed by atoms with Crippen LogP contribution < -0.4 is 10.1 Å². The van der Waals surface area contributed by atoms with Crippen LogP contribution in [0.4, 0.5) is 11.6 Å². The number of halogens is 1. The molecule has 1 N–H and O–H groups in total. The Kier molecular flexibility index (Phi) is 3.39. The van der Waals surface area contributed by atoms with E-state index in [1.807, 2.05) is 31.2 Å². The van der Waals surface area contributed by atoms with Crippen LogP contribution in [0.2, 0.25) is 5.28 Å². The lowest BCUT2D eigenvalue weighted by Gasteiger charge is -2.08. The maximum Gasteiger partial charge on any atom is 0.322 e. The molecule has 0 aliphatic heterocycles. The molecule has 1 heterocycles. The fraction of sp³-hybridized carbons (Fsp3) is 0.182. The zero-order chi connectivity index (χ0) is 12.3. The first-order valence-corrected chi connectivity index (χ1v) is 5.35. The van der Waals surface area contributed by atoms with Crippen LogP contribution in [0, 0.1) is 6.92 Å². The average molecular weight is 251 g/mol. The molecular formula is C11H11ClN4O. The number of hydrogen-bond acceptors (Lipinski definition) is 5. The topological polar surface area (TPSA) is 59.9 Å². The largest absolute Gasteiger partial charge is 0.467 e. The minimum Gasteiger partial charge on any atom is -0.467 e. The maximum atomic E-state index is 5.75. The molecule has 0 unspecified atom stereocenters. The van der Waals surface area contributed by atoms with Gasteiger partial charge in [0.1, 0.15) is 0 Å². The highest BCUT2D eigenvalue weighted by molar-refractivity contribution is 6.28. The van der Waals surface area contributed by atoms with Gasteiger partial charge >= 0.3 is 6.01 Å². The van der Waals surface area contributed by atoms with E-state index in [2.05, 4.69) is 20.3 Å².